The first-order chi connectivity index (χ1) is 11.7. The van der Waals surface area contributed by atoms with Gasteiger partial charge in [-0.25, -0.2) is 4.79 Å². The van der Waals surface area contributed by atoms with E-state index < -0.39 is 0 Å². The molecule has 0 radical (unpaired) electrons. The van der Waals surface area contributed by atoms with Gasteiger partial charge in [0.2, 0.25) is 0 Å². The van der Waals surface area contributed by atoms with E-state index in [1.54, 1.807) is 0 Å². The van der Waals surface area contributed by atoms with Crippen LogP contribution in [0.5, 0.6) is 5.75 Å². The van der Waals surface area contributed by atoms with Gasteiger partial charge in [0, 0.05) is 24.6 Å². The molecule has 126 valence electrons. The van der Waals surface area contributed by atoms with Crippen molar-refractivity contribution >= 4 is 6.03 Å². The summed E-state index contributed by atoms with van der Waals surface area (Å²) in [6.45, 7) is 3.25. The Bertz CT molecular complexity index is 743. The fourth-order valence-corrected chi connectivity index (χ4v) is 3.57. The van der Waals surface area contributed by atoms with E-state index >= 15 is 0 Å². The molecule has 1 aromatic carbocycles. The molecule has 2 amide bonds. The Hall–Kier alpha value is -2.50. The molecule has 0 aliphatic carbocycles. The highest BCUT2D eigenvalue weighted by Gasteiger charge is 2.34. The number of likely N-dealkylation sites (tertiary alicyclic amines) is 1. The Kier molecular flexibility index (Phi) is 3.88. The second kappa shape index (κ2) is 6.19. The fourth-order valence-electron chi connectivity index (χ4n) is 3.57. The molecule has 24 heavy (non-hydrogen) atoms. The van der Waals surface area contributed by atoms with Crippen molar-refractivity contribution in [3.63, 3.8) is 0 Å². The average molecular weight is 327 g/mol. The molecule has 2 atom stereocenters. The molecule has 2 aromatic rings. The van der Waals surface area contributed by atoms with Gasteiger partial charge in [-0.1, -0.05) is 23.4 Å². The molecular formula is C18H21N3O3. The highest BCUT2D eigenvalue weighted by atomic mass is 16.5. The van der Waals surface area contributed by atoms with Crippen molar-refractivity contribution < 1.29 is 14.1 Å². The highest BCUT2D eigenvalue weighted by molar-refractivity contribution is 5.75. The van der Waals surface area contributed by atoms with Crippen LogP contribution in [0.1, 0.15) is 48.4 Å². The van der Waals surface area contributed by atoms with Crippen molar-refractivity contribution in [1.29, 1.82) is 0 Å². The van der Waals surface area contributed by atoms with Crippen molar-refractivity contribution in [2.24, 2.45) is 0 Å². The molecule has 2 aliphatic rings. The Balaban J connectivity index is 1.50. The zero-order valence-electron chi connectivity index (χ0n) is 13.7. The third-order valence-electron chi connectivity index (χ3n) is 4.74. The molecule has 3 heterocycles. The maximum Gasteiger partial charge on any atom is 0.318 e. The van der Waals surface area contributed by atoms with E-state index in [0.717, 1.165) is 48.6 Å². The van der Waals surface area contributed by atoms with Crippen LogP contribution in [-0.2, 0) is 0 Å². The van der Waals surface area contributed by atoms with Crippen molar-refractivity contribution in [2.75, 3.05) is 13.2 Å². The molecule has 1 fully saturated rings. The van der Waals surface area contributed by atoms with Gasteiger partial charge in [-0.3, -0.25) is 0 Å². The second-order valence-corrected chi connectivity index (χ2v) is 6.40. The van der Waals surface area contributed by atoms with E-state index in [0.29, 0.717) is 6.61 Å². The van der Waals surface area contributed by atoms with Gasteiger partial charge in [-0.05, 0) is 25.8 Å². The number of carbonyl (C=O) groups is 1. The predicted molar refractivity (Wildman–Crippen MR) is 87.7 cm³/mol. The number of para-hydroxylation sites is 1. The van der Waals surface area contributed by atoms with Crippen molar-refractivity contribution in [3.8, 4) is 5.75 Å². The van der Waals surface area contributed by atoms with Gasteiger partial charge in [-0.15, -0.1) is 0 Å². The summed E-state index contributed by atoms with van der Waals surface area (Å²) in [4.78, 5) is 14.7. The molecule has 4 rings (SSSR count). The summed E-state index contributed by atoms with van der Waals surface area (Å²) in [7, 11) is 0. The van der Waals surface area contributed by atoms with Crippen LogP contribution in [0.15, 0.2) is 34.9 Å². The van der Waals surface area contributed by atoms with E-state index in [-0.39, 0.29) is 18.1 Å². The number of amides is 2. The van der Waals surface area contributed by atoms with Crippen LogP contribution in [0.3, 0.4) is 0 Å². The molecule has 2 aliphatic heterocycles. The molecule has 1 saturated heterocycles. The monoisotopic (exact) mass is 327 g/mol. The maximum absolute atomic E-state index is 12.8. The van der Waals surface area contributed by atoms with Crippen LogP contribution in [0.25, 0.3) is 0 Å². The molecule has 0 unspecified atom stereocenters. The Morgan fingerprint density at radius 2 is 2.21 bits per heavy atom. The lowest BCUT2D eigenvalue weighted by Gasteiger charge is -2.30. The predicted octanol–water partition coefficient (Wildman–Crippen LogP) is 3.35. The van der Waals surface area contributed by atoms with Crippen LogP contribution in [-0.4, -0.2) is 29.2 Å². The summed E-state index contributed by atoms with van der Waals surface area (Å²) in [6, 6.07) is 9.72. The van der Waals surface area contributed by atoms with E-state index in [1.165, 1.54) is 0 Å². The Labute approximate surface area is 140 Å². The number of urea groups is 1. The van der Waals surface area contributed by atoms with Gasteiger partial charge < -0.3 is 19.5 Å². The summed E-state index contributed by atoms with van der Waals surface area (Å²) in [5.74, 6) is 1.63. The topological polar surface area (TPSA) is 67.6 Å². The highest BCUT2D eigenvalue weighted by Crippen LogP contribution is 2.35. The fraction of sp³-hybridized carbons (Fsp3) is 0.444. The molecular weight excluding hydrogens is 306 g/mol. The lowest BCUT2D eigenvalue weighted by molar-refractivity contribution is 0.173. The van der Waals surface area contributed by atoms with E-state index in [1.807, 2.05) is 42.2 Å². The van der Waals surface area contributed by atoms with Gasteiger partial charge in [0.15, 0.2) is 5.76 Å². The summed E-state index contributed by atoms with van der Waals surface area (Å²) in [6.07, 6.45) is 2.66. The summed E-state index contributed by atoms with van der Waals surface area (Å²) < 4.78 is 11.0. The Morgan fingerprint density at radius 3 is 3.04 bits per heavy atom. The Morgan fingerprint density at radius 1 is 1.33 bits per heavy atom. The number of hydrogen-bond acceptors (Lipinski definition) is 4. The van der Waals surface area contributed by atoms with Crippen LogP contribution < -0.4 is 10.1 Å². The zero-order chi connectivity index (χ0) is 16.5. The largest absolute Gasteiger partial charge is 0.493 e. The van der Waals surface area contributed by atoms with Gasteiger partial charge in [0.05, 0.1) is 24.4 Å². The SMILES string of the molecule is Cc1cc([C@@H]2CCCN2C(=O)N[C@H]2CCOc3ccccc32)on1. The number of nitrogens with one attached hydrogen (secondary N) is 1. The van der Waals surface area contributed by atoms with E-state index in [9.17, 15) is 4.79 Å². The van der Waals surface area contributed by atoms with Gasteiger partial charge in [-0.2, -0.15) is 0 Å². The number of aromatic nitrogens is 1. The lowest BCUT2D eigenvalue weighted by Crippen LogP contribution is -2.42. The minimum absolute atomic E-state index is 0.0137. The minimum atomic E-state index is -0.0479. The number of nitrogens with zero attached hydrogens (tertiary/aromatic N) is 2. The van der Waals surface area contributed by atoms with Crippen LogP contribution >= 0.6 is 0 Å². The standard InChI is InChI=1S/C18H21N3O3/c1-12-11-17(24-20-12)15-6-4-9-21(15)18(22)19-14-8-10-23-16-7-3-2-5-13(14)16/h2-3,5,7,11,14-15H,4,6,8-10H2,1H3,(H,19,22)/t14-,15-/m0/s1. The first-order valence-electron chi connectivity index (χ1n) is 8.44. The quantitative estimate of drug-likeness (QED) is 0.918. The molecule has 1 N–H and O–H groups in total. The van der Waals surface area contributed by atoms with Crippen LogP contribution in [0.4, 0.5) is 4.79 Å². The number of fused-ring (bicyclic) bond motifs is 1. The minimum Gasteiger partial charge on any atom is -0.493 e. The van der Waals surface area contributed by atoms with Crippen LogP contribution in [0, 0.1) is 6.92 Å². The summed E-state index contributed by atoms with van der Waals surface area (Å²) in [5, 5.41) is 7.12. The number of benzene rings is 1. The zero-order valence-corrected chi connectivity index (χ0v) is 13.7. The van der Waals surface area contributed by atoms with Crippen LogP contribution in [0.2, 0.25) is 0 Å². The van der Waals surface area contributed by atoms with Crippen molar-refractivity contribution in [2.45, 2.75) is 38.3 Å². The van der Waals surface area contributed by atoms with Gasteiger partial charge >= 0.3 is 6.03 Å². The summed E-state index contributed by atoms with van der Waals surface area (Å²) in [5.41, 5.74) is 1.89. The average Bonchev–Trinajstić information content (AvgIpc) is 3.24. The first-order valence-corrected chi connectivity index (χ1v) is 8.44. The smallest absolute Gasteiger partial charge is 0.318 e. The molecule has 0 bridgehead atoms. The third kappa shape index (κ3) is 2.72. The summed E-state index contributed by atoms with van der Waals surface area (Å²) >= 11 is 0. The van der Waals surface area contributed by atoms with Gasteiger partial charge in [0.1, 0.15) is 5.75 Å². The van der Waals surface area contributed by atoms with E-state index in [2.05, 4.69) is 10.5 Å². The number of aryl methyl sites for hydroxylation is 1. The number of rotatable bonds is 2. The molecule has 6 nitrogen and oxygen atoms in total. The lowest BCUT2D eigenvalue weighted by atomic mass is 10.0. The number of hydrogen-bond donors (Lipinski definition) is 1. The number of carbonyl (C=O) groups excluding carboxylic acids is 1. The molecule has 0 saturated carbocycles. The second-order valence-electron chi connectivity index (χ2n) is 6.40. The maximum atomic E-state index is 12.8. The molecule has 0 spiro atoms. The van der Waals surface area contributed by atoms with Gasteiger partial charge in [0.25, 0.3) is 0 Å². The number of ether oxygens (including phenoxy) is 1. The first kappa shape index (κ1) is 15.1. The third-order valence-corrected chi connectivity index (χ3v) is 4.74. The normalized spacial score (nSPS) is 22.8. The molecule has 1 aromatic heterocycles. The van der Waals surface area contributed by atoms with Crippen molar-refractivity contribution in [3.05, 3.63) is 47.3 Å². The molecule has 6 heteroatoms. The van der Waals surface area contributed by atoms with Crippen molar-refractivity contribution in [1.82, 2.24) is 15.4 Å². The van der Waals surface area contributed by atoms with E-state index in [4.69, 9.17) is 9.26 Å².